The van der Waals surface area contributed by atoms with Gasteiger partial charge < -0.3 is 10.2 Å². The van der Waals surface area contributed by atoms with Gasteiger partial charge in [-0.15, -0.1) is 12.4 Å². The fraction of sp³-hybridized carbons (Fsp3) is 0.870. The van der Waals surface area contributed by atoms with Crippen molar-refractivity contribution in [3.63, 3.8) is 0 Å². The molecule has 1 aliphatic heterocycles. The van der Waals surface area contributed by atoms with Crippen LogP contribution < -0.4 is 5.32 Å². The molecular formula is C23H35ClN2O3. The maximum atomic E-state index is 13.3. The Kier molecular flexibility index (Phi) is 5.61. The molecule has 6 heteroatoms. The summed E-state index contributed by atoms with van der Waals surface area (Å²) >= 11 is 0. The van der Waals surface area contributed by atoms with Gasteiger partial charge in [0.05, 0.1) is 5.71 Å². The molecule has 1 heterocycles. The van der Waals surface area contributed by atoms with E-state index < -0.39 is 0 Å². The summed E-state index contributed by atoms with van der Waals surface area (Å²) in [5, 5.41) is 7.71. The van der Waals surface area contributed by atoms with Crippen LogP contribution in [0.25, 0.3) is 0 Å². The molecule has 0 aromatic heterocycles. The SMILES string of the molecule is C[C@@]12CCC[C@H]1[C@@H]1C(=O)C(=O)C3CC(=NO[C@H]4CCNC4)CC[C@]3(C)[C@@H]1CC2.Cl. The molecule has 5 rings (SSSR count). The molecule has 4 saturated carbocycles. The highest BCUT2D eigenvalue weighted by Crippen LogP contribution is 2.64. The van der Waals surface area contributed by atoms with Gasteiger partial charge in [-0.3, -0.25) is 9.59 Å². The van der Waals surface area contributed by atoms with Crippen LogP contribution in [-0.2, 0) is 14.4 Å². The number of fused-ring (bicyclic) bond motifs is 5. The molecule has 0 bridgehead atoms. The van der Waals surface area contributed by atoms with Gasteiger partial charge in [-0.1, -0.05) is 25.4 Å². The minimum absolute atomic E-state index is 0. The van der Waals surface area contributed by atoms with Crippen molar-refractivity contribution in [3.05, 3.63) is 0 Å². The molecule has 0 spiro atoms. The minimum Gasteiger partial charge on any atom is -0.391 e. The van der Waals surface area contributed by atoms with E-state index in [1.165, 1.54) is 19.3 Å². The normalized spacial score (nSPS) is 47.9. The van der Waals surface area contributed by atoms with Crippen molar-refractivity contribution >= 4 is 29.7 Å². The van der Waals surface area contributed by atoms with E-state index >= 15 is 0 Å². The average Bonchev–Trinajstić information content (AvgIpc) is 3.33. The van der Waals surface area contributed by atoms with Crippen molar-refractivity contribution in [2.45, 2.75) is 77.7 Å². The zero-order valence-electron chi connectivity index (χ0n) is 17.7. The van der Waals surface area contributed by atoms with Crippen LogP contribution in [0.5, 0.6) is 0 Å². The fourth-order valence-corrected chi connectivity index (χ4v) is 7.51. The number of hydrogen-bond donors (Lipinski definition) is 1. The van der Waals surface area contributed by atoms with Gasteiger partial charge >= 0.3 is 0 Å². The van der Waals surface area contributed by atoms with Crippen LogP contribution in [0, 0.1) is 34.5 Å². The summed E-state index contributed by atoms with van der Waals surface area (Å²) in [6.45, 7) is 6.50. The Hall–Kier alpha value is -0.940. The number of hydrogen-bond acceptors (Lipinski definition) is 5. The number of nitrogens with zero attached hydrogens (tertiary/aromatic N) is 1. The number of carbonyl (C=O) groups is 2. The first-order chi connectivity index (χ1) is 13.4. The number of Topliss-reactive ketones (excluding diaryl/α,β-unsaturated/α-hetero) is 2. The van der Waals surface area contributed by atoms with Crippen LogP contribution in [0.2, 0.25) is 0 Å². The molecule has 4 aliphatic carbocycles. The van der Waals surface area contributed by atoms with Crippen LogP contribution in [0.15, 0.2) is 5.16 Å². The van der Waals surface area contributed by atoms with Crippen molar-refractivity contribution in [2.24, 2.45) is 39.7 Å². The summed E-state index contributed by atoms with van der Waals surface area (Å²) in [4.78, 5) is 32.3. The second-order valence-electron chi connectivity index (χ2n) is 10.7. The third kappa shape index (κ3) is 3.27. The lowest BCUT2D eigenvalue weighted by atomic mass is 9.44. The average molecular weight is 423 g/mol. The van der Waals surface area contributed by atoms with Gasteiger partial charge in [0.2, 0.25) is 11.6 Å². The van der Waals surface area contributed by atoms with Crippen LogP contribution in [-0.4, -0.2) is 36.5 Å². The van der Waals surface area contributed by atoms with E-state index in [-0.39, 0.29) is 52.7 Å². The van der Waals surface area contributed by atoms with Gasteiger partial charge in [0.25, 0.3) is 0 Å². The predicted octanol–water partition coefficient (Wildman–Crippen LogP) is 3.93. The molecule has 5 aliphatic rings. The number of rotatable bonds is 2. The Morgan fingerprint density at radius 1 is 1.03 bits per heavy atom. The van der Waals surface area contributed by atoms with Crippen molar-refractivity contribution in [2.75, 3.05) is 13.1 Å². The summed E-state index contributed by atoms with van der Waals surface area (Å²) in [6, 6.07) is 0. The second-order valence-corrected chi connectivity index (χ2v) is 10.7. The summed E-state index contributed by atoms with van der Waals surface area (Å²) in [5.74, 6) is 0.440. The highest BCUT2D eigenvalue weighted by Gasteiger charge is 2.63. The van der Waals surface area contributed by atoms with E-state index in [2.05, 4.69) is 24.3 Å². The minimum atomic E-state index is -0.190. The topological polar surface area (TPSA) is 67.8 Å². The molecular weight excluding hydrogens is 388 g/mol. The lowest BCUT2D eigenvalue weighted by Gasteiger charge is -2.58. The van der Waals surface area contributed by atoms with Crippen molar-refractivity contribution in [1.82, 2.24) is 5.32 Å². The highest BCUT2D eigenvalue weighted by atomic mass is 35.5. The third-order valence-corrected chi connectivity index (χ3v) is 9.29. The Balaban J connectivity index is 0.00000205. The van der Waals surface area contributed by atoms with Crippen LogP contribution in [0.1, 0.15) is 71.6 Å². The third-order valence-electron chi connectivity index (χ3n) is 9.29. The van der Waals surface area contributed by atoms with Crippen molar-refractivity contribution < 1.29 is 14.4 Å². The van der Waals surface area contributed by atoms with E-state index in [0.717, 1.165) is 50.9 Å². The van der Waals surface area contributed by atoms with E-state index in [9.17, 15) is 9.59 Å². The number of nitrogens with one attached hydrogen (secondary N) is 1. The zero-order valence-corrected chi connectivity index (χ0v) is 18.6. The number of oxime groups is 1. The zero-order chi connectivity index (χ0) is 19.5. The maximum Gasteiger partial charge on any atom is 0.202 e. The smallest absolute Gasteiger partial charge is 0.202 e. The van der Waals surface area contributed by atoms with Crippen molar-refractivity contribution in [3.8, 4) is 0 Å². The quantitative estimate of drug-likeness (QED) is 0.540. The molecule has 5 nitrogen and oxygen atoms in total. The number of carbonyl (C=O) groups excluding carboxylic acids is 2. The van der Waals surface area contributed by atoms with Gasteiger partial charge in [0, 0.05) is 24.8 Å². The standard InChI is InChI=1S/C23H34N2O3.ClH/c1-22-8-3-4-16(22)19-17(6-9-22)23(2)10-5-14(12-18(23)20(26)21(19)27)25-28-15-7-11-24-13-15;/h15-19,24H,3-13H2,1-2H3;1H/t15-,16-,17+,18?,19-,22-,23+;/m0./s1. The molecule has 1 unspecified atom stereocenters. The first-order valence-corrected chi connectivity index (χ1v) is 11.4. The maximum absolute atomic E-state index is 13.3. The van der Waals surface area contributed by atoms with Gasteiger partial charge in [-0.2, -0.15) is 0 Å². The van der Waals surface area contributed by atoms with E-state index in [0.29, 0.717) is 18.3 Å². The molecule has 162 valence electrons. The first kappa shape index (κ1) is 21.3. The Morgan fingerprint density at radius 2 is 1.86 bits per heavy atom. The largest absolute Gasteiger partial charge is 0.391 e. The number of halogens is 1. The first-order valence-electron chi connectivity index (χ1n) is 11.4. The lowest BCUT2D eigenvalue weighted by molar-refractivity contribution is -0.164. The Labute approximate surface area is 180 Å². The predicted molar refractivity (Wildman–Crippen MR) is 114 cm³/mol. The molecule has 0 aromatic carbocycles. The summed E-state index contributed by atoms with van der Waals surface area (Å²) in [6.07, 6.45) is 9.53. The molecule has 29 heavy (non-hydrogen) atoms. The van der Waals surface area contributed by atoms with E-state index in [1.54, 1.807) is 0 Å². The van der Waals surface area contributed by atoms with Crippen molar-refractivity contribution in [1.29, 1.82) is 0 Å². The Bertz CT molecular complexity index is 719. The summed E-state index contributed by atoms with van der Waals surface area (Å²) < 4.78 is 0. The van der Waals surface area contributed by atoms with E-state index in [1.807, 2.05) is 0 Å². The lowest BCUT2D eigenvalue weighted by Crippen LogP contribution is -2.60. The Morgan fingerprint density at radius 3 is 2.62 bits per heavy atom. The fourth-order valence-electron chi connectivity index (χ4n) is 7.51. The van der Waals surface area contributed by atoms with Crippen LogP contribution in [0.3, 0.4) is 0 Å². The van der Waals surface area contributed by atoms with Crippen LogP contribution in [0.4, 0.5) is 0 Å². The van der Waals surface area contributed by atoms with E-state index in [4.69, 9.17) is 4.84 Å². The highest BCUT2D eigenvalue weighted by molar-refractivity contribution is 6.40. The van der Waals surface area contributed by atoms with Gasteiger partial charge in [-0.25, -0.2) is 0 Å². The summed E-state index contributed by atoms with van der Waals surface area (Å²) in [5.41, 5.74) is 1.22. The molecule has 1 saturated heterocycles. The number of ketones is 2. The molecule has 0 aromatic rings. The van der Waals surface area contributed by atoms with Gasteiger partial charge in [0.1, 0.15) is 6.10 Å². The monoisotopic (exact) mass is 422 g/mol. The summed E-state index contributed by atoms with van der Waals surface area (Å²) in [7, 11) is 0. The van der Waals surface area contributed by atoms with Gasteiger partial charge in [0.15, 0.2) is 0 Å². The molecule has 0 radical (unpaired) electrons. The molecule has 5 fully saturated rings. The molecule has 7 atom stereocenters. The second kappa shape index (κ2) is 7.64. The van der Waals surface area contributed by atoms with Crippen LogP contribution >= 0.6 is 12.4 Å². The van der Waals surface area contributed by atoms with Gasteiger partial charge in [-0.05, 0) is 74.2 Å². The molecule has 0 amide bonds. The molecule has 1 N–H and O–H groups in total.